The molecule has 3 aromatic rings. The second-order valence-corrected chi connectivity index (χ2v) is 8.37. The summed E-state index contributed by atoms with van der Waals surface area (Å²) in [5.74, 6) is 0. The first-order valence-electron chi connectivity index (χ1n) is 6.84. The second kappa shape index (κ2) is 6.40. The summed E-state index contributed by atoms with van der Waals surface area (Å²) in [6.07, 6.45) is 2.35. The molecule has 0 spiro atoms. The zero-order valence-electron chi connectivity index (χ0n) is 12.3. The smallest absolute Gasteiger partial charge is 1.00 e. The average molecular weight is 485 g/mol. The van der Waals surface area contributed by atoms with Gasteiger partial charge in [-0.2, -0.15) is 0 Å². The van der Waals surface area contributed by atoms with Crippen LogP contribution in [0.4, 0.5) is 5.69 Å². The largest absolute Gasteiger partial charge is 1.00 e. The zero-order valence-corrected chi connectivity index (χ0v) is 17.0. The average Bonchev–Trinajstić information content (AvgIpc) is 2.99. The molecule has 0 saturated heterocycles. The van der Waals surface area contributed by atoms with Gasteiger partial charge in [-0.05, 0) is 0 Å². The molecule has 4 rings (SSSR count). The Hall–Kier alpha value is -0.751. The molecule has 22 heavy (non-hydrogen) atoms. The van der Waals surface area contributed by atoms with Crippen LogP contribution in [0.5, 0.6) is 0 Å². The van der Waals surface area contributed by atoms with Crippen LogP contribution in [0.25, 0.3) is 15.9 Å². The van der Waals surface area contributed by atoms with Gasteiger partial charge in [0.25, 0.3) is 0 Å². The van der Waals surface area contributed by atoms with Gasteiger partial charge in [-0.15, -0.1) is 0 Å². The summed E-state index contributed by atoms with van der Waals surface area (Å²) in [5, 5.41) is 1.31. The van der Waals surface area contributed by atoms with Crippen molar-refractivity contribution in [1.29, 1.82) is 0 Å². The molecule has 0 atom stereocenters. The standard InChI is InChI=1S/C17H15N2SSe.HI/c1-18-12-7-3-5-9-14(12)20-16(18)11-17-19(2)13-8-4-6-10-15(13)21-17;/h3-11H,1-2H3;1H/q+1;/p-1. The Morgan fingerprint density at radius 1 is 1.09 bits per heavy atom. The summed E-state index contributed by atoms with van der Waals surface area (Å²) in [6, 6.07) is 17.3. The Morgan fingerprint density at radius 3 is 2.59 bits per heavy atom. The molecule has 0 bridgehead atoms. The van der Waals surface area contributed by atoms with Gasteiger partial charge in [-0.1, -0.05) is 0 Å². The third-order valence-corrected chi connectivity index (χ3v) is 7.40. The Bertz CT molecular complexity index is 872. The fourth-order valence-corrected chi connectivity index (χ4v) is 6.14. The van der Waals surface area contributed by atoms with Gasteiger partial charge < -0.3 is 24.0 Å². The normalized spacial score (nSPS) is 15.2. The van der Waals surface area contributed by atoms with Crippen molar-refractivity contribution in [3.05, 3.63) is 58.1 Å². The van der Waals surface area contributed by atoms with Crippen LogP contribution in [0.3, 0.4) is 0 Å². The van der Waals surface area contributed by atoms with E-state index in [-0.39, 0.29) is 24.0 Å². The van der Waals surface area contributed by atoms with Crippen LogP contribution in [-0.2, 0) is 7.05 Å². The summed E-state index contributed by atoms with van der Waals surface area (Å²) in [5.41, 5.74) is 2.66. The SMILES string of the molecule is CN1C(=Cc2[se]c3ccccc3[n+]2C)Sc2ccccc21.[I-]. The van der Waals surface area contributed by atoms with Crippen LogP contribution in [0, 0.1) is 0 Å². The van der Waals surface area contributed by atoms with Crippen molar-refractivity contribution in [2.24, 2.45) is 7.05 Å². The fourth-order valence-electron chi connectivity index (χ4n) is 2.60. The molecule has 5 heteroatoms. The van der Waals surface area contributed by atoms with Crippen molar-refractivity contribution in [2.45, 2.75) is 4.90 Å². The van der Waals surface area contributed by atoms with Crippen LogP contribution in [0.2, 0.25) is 0 Å². The summed E-state index contributed by atoms with van der Waals surface area (Å²) < 4.78 is 5.23. The van der Waals surface area contributed by atoms with Gasteiger partial charge in [0.2, 0.25) is 0 Å². The third-order valence-electron chi connectivity index (χ3n) is 3.79. The van der Waals surface area contributed by atoms with Crippen molar-refractivity contribution in [1.82, 2.24) is 0 Å². The van der Waals surface area contributed by atoms with E-state index in [4.69, 9.17) is 0 Å². The molecule has 0 radical (unpaired) electrons. The first-order valence-corrected chi connectivity index (χ1v) is 9.37. The predicted octanol–water partition coefficient (Wildman–Crippen LogP) is 0.266. The van der Waals surface area contributed by atoms with E-state index in [0.29, 0.717) is 14.5 Å². The predicted molar refractivity (Wildman–Crippen MR) is 90.7 cm³/mol. The molecule has 1 aliphatic rings. The fraction of sp³-hybridized carbons (Fsp3) is 0.118. The van der Waals surface area contributed by atoms with Crippen LogP contribution in [0.15, 0.2) is 58.5 Å². The van der Waals surface area contributed by atoms with E-state index in [1.54, 1.807) is 0 Å². The molecular weight excluding hydrogens is 470 g/mol. The minimum Gasteiger partial charge on any atom is -1.00 e. The molecule has 0 fully saturated rings. The van der Waals surface area contributed by atoms with Crippen molar-refractivity contribution in [2.75, 3.05) is 11.9 Å². The number of fused-ring (bicyclic) bond motifs is 2. The Morgan fingerprint density at radius 2 is 1.82 bits per heavy atom. The molecule has 0 amide bonds. The molecule has 1 aromatic heterocycles. The minimum atomic E-state index is 0. The summed E-state index contributed by atoms with van der Waals surface area (Å²) in [4.78, 5) is 3.64. The van der Waals surface area contributed by atoms with Crippen LogP contribution < -0.4 is 33.4 Å². The van der Waals surface area contributed by atoms with E-state index < -0.39 is 0 Å². The molecule has 0 aliphatic carbocycles. The molecule has 0 N–H and O–H groups in total. The Balaban J connectivity index is 0.00000144. The van der Waals surface area contributed by atoms with E-state index in [9.17, 15) is 0 Å². The topological polar surface area (TPSA) is 7.12 Å². The number of benzene rings is 2. The minimum absolute atomic E-state index is 0. The van der Waals surface area contributed by atoms with Crippen LogP contribution >= 0.6 is 11.8 Å². The van der Waals surface area contributed by atoms with Crippen molar-refractivity contribution in [3.63, 3.8) is 0 Å². The number of thioether (sulfide) groups is 1. The molecule has 1 aliphatic heterocycles. The number of anilines is 1. The maximum absolute atomic E-state index is 2.35. The van der Waals surface area contributed by atoms with Gasteiger partial charge in [-0.3, -0.25) is 0 Å². The first-order chi connectivity index (χ1) is 10.2. The van der Waals surface area contributed by atoms with E-state index in [1.165, 1.54) is 30.0 Å². The van der Waals surface area contributed by atoms with Crippen LogP contribution in [0.1, 0.15) is 4.57 Å². The first kappa shape index (κ1) is 16.1. The number of hydrogen-bond acceptors (Lipinski definition) is 2. The van der Waals surface area contributed by atoms with Crippen molar-refractivity contribution >= 4 is 47.8 Å². The molecule has 0 unspecified atom stereocenters. The molecule has 2 aromatic carbocycles. The Kier molecular flexibility index (Phi) is 4.69. The van der Waals surface area contributed by atoms with Gasteiger partial charge in [0.05, 0.1) is 0 Å². The number of halogens is 1. The number of para-hydroxylation sites is 2. The number of hydrogen-bond donors (Lipinski definition) is 0. The van der Waals surface area contributed by atoms with E-state index in [1.807, 2.05) is 11.8 Å². The summed E-state index contributed by atoms with van der Waals surface area (Å²) in [7, 11) is 4.33. The van der Waals surface area contributed by atoms with Gasteiger partial charge in [0.15, 0.2) is 0 Å². The Labute approximate surface area is 157 Å². The molecule has 112 valence electrons. The maximum Gasteiger partial charge on any atom is -1.00 e. The van der Waals surface area contributed by atoms with E-state index in [0.717, 1.165) is 0 Å². The number of aromatic nitrogens is 1. The maximum atomic E-state index is 2.35. The number of aryl methyl sites for hydroxylation is 1. The third kappa shape index (κ3) is 2.64. The van der Waals surface area contributed by atoms with E-state index >= 15 is 0 Å². The summed E-state index contributed by atoms with van der Waals surface area (Å²) in [6.45, 7) is 0. The second-order valence-electron chi connectivity index (χ2n) is 5.08. The number of nitrogens with zero attached hydrogens (tertiary/aromatic N) is 2. The van der Waals surface area contributed by atoms with Gasteiger partial charge in [-0.25, -0.2) is 0 Å². The quantitative estimate of drug-likeness (QED) is 0.278. The van der Waals surface area contributed by atoms with Gasteiger partial charge in [0.1, 0.15) is 0 Å². The zero-order chi connectivity index (χ0) is 14.4. The van der Waals surface area contributed by atoms with E-state index in [2.05, 4.69) is 78.2 Å². The van der Waals surface area contributed by atoms with Crippen molar-refractivity contribution < 1.29 is 28.5 Å². The molecule has 2 nitrogen and oxygen atoms in total. The molecule has 0 saturated carbocycles. The summed E-state index contributed by atoms with van der Waals surface area (Å²) >= 11 is 2.26. The monoisotopic (exact) mass is 486 g/mol. The molecular formula is C17H15IN2SSe. The van der Waals surface area contributed by atoms with Gasteiger partial charge in [0, 0.05) is 0 Å². The van der Waals surface area contributed by atoms with Crippen molar-refractivity contribution in [3.8, 4) is 0 Å². The number of rotatable bonds is 1. The van der Waals surface area contributed by atoms with Gasteiger partial charge >= 0.3 is 134 Å². The van der Waals surface area contributed by atoms with Crippen LogP contribution in [-0.4, -0.2) is 21.6 Å². The molecule has 2 heterocycles.